The van der Waals surface area contributed by atoms with Gasteiger partial charge in [-0.2, -0.15) is 0 Å². The first-order valence-corrected chi connectivity index (χ1v) is 8.07. The maximum Gasteiger partial charge on any atom is 0.275 e. The van der Waals surface area contributed by atoms with Crippen LogP contribution in [0.5, 0.6) is 0 Å². The molecule has 1 aliphatic rings. The number of rotatable bonds is 3. The molecule has 5 nitrogen and oxygen atoms in total. The highest BCUT2D eigenvalue weighted by Crippen LogP contribution is 2.24. The average Bonchev–Trinajstić information content (AvgIpc) is 2.57. The van der Waals surface area contributed by atoms with Crippen LogP contribution in [-0.2, 0) is 0 Å². The quantitative estimate of drug-likeness (QED) is 0.945. The predicted molar refractivity (Wildman–Crippen MR) is 91.8 cm³/mol. The molecule has 0 unspecified atom stereocenters. The van der Waals surface area contributed by atoms with Crippen LogP contribution in [0.25, 0.3) is 0 Å². The van der Waals surface area contributed by atoms with Gasteiger partial charge in [0, 0.05) is 30.7 Å². The summed E-state index contributed by atoms with van der Waals surface area (Å²) in [5.41, 5.74) is 3.10. The maximum atomic E-state index is 12.1. The third-order valence-electron chi connectivity index (χ3n) is 4.29. The van der Waals surface area contributed by atoms with Gasteiger partial charge in [-0.1, -0.05) is 6.92 Å². The molecule has 0 radical (unpaired) electrons. The molecule has 0 spiro atoms. The van der Waals surface area contributed by atoms with Gasteiger partial charge in [0.05, 0.1) is 11.9 Å². The first kappa shape index (κ1) is 15.5. The molecule has 0 saturated carbocycles. The van der Waals surface area contributed by atoms with Crippen molar-refractivity contribution in [3.8, 4) is 0 Å². The van der Waals surface area contributed by atoms with Crippen molar-refractivity contribution in [2.24, 2.45) is 5.92 Å². The number of aryl methyl sites for hydroxylation is 1. The van der Waals surface area contributed by atoms with Crippen molar-refractivity contribution in [1.82, 2.24) is 9.97 Å². The molecule has 0 aliphatic carbocycles. The Morgan fingerprint density at radius 1 is 1.13 bits per heavy atom. The van der Waals surface area contributed by atoms with E-state index in [1.165, 1.54) is 24.7 Å². The van der Waals surface area contributed by atoms with Crippen molar-refractivity contribution in [3.05, 3.63) is 48.0 Å². The van der Waals surface area contributed by atoms with Crippen LogP contribution in [0.4, 0.5) is 11.4 Å². The van der Waals surface area contributed by atoms with Gasteiger partial charge in [0.15, 0.2) is 0 Å². The Hall–Kier alpha value is -2.43. The number of piperidine rings is 1. The number of amides is 1. The van der Waals surface area contributed by atoms with Gasteiger partial charge in [0.25, 0.3) is 5.91 Å². The Balaban J connectivity index is 1.63. The maximum absolute atomic E-state index is 12.1. The molecule has 3 rings (SSSR count). The van der Waals surface area contributed by atoms with Crippen LogP contribution in [0.15, 0.2) is 36.7 Å². The molecule has 1 aromatic heterocycles. The number of hydrogen-bond acceptors (Lipinski definition) is 4. The normalized spacial score (nSPS) is 15.5. The summed E-state index contributed by atoms with van der Waals surface area (Å²) in [7, 11) is 0. The first-order chi connectivity index (χ1) is 11.1. The zero-order valence-electron chi connectivity index (χ0n) is 13.6. The molecule has 120 valence electrons. The molecule has 23 heavy (non-hydrogen) atoms. The summed E-state index contributed by atoms with van der Waals surface area (Å²) in [6.07, 6.45) is 5.57. The summed E-state index contributed by atoms with van der Waals surface area (Å²) < 4.78 is 0. The zero-order valence-corrected chi connectivity index (χ0v) is 13.6. The van der Waals surface area contributed by atoms with E-state index in [-0.39, 0.29) is 5.91 Å². The molecule has 0 bridgehead atoms. The van der Waals surface area contributed by atoms with Gasteiger partial charge in [-0.25, -0.2) is 4.98 Å². The molecule has 1 fully saturated rings. The second kappa shape index (κ2) is 6.77. The van der Waals surface area contributed by atoms with E-state index in [1.54, 1.807) is 6.20 Å². The summed E-state index contributed by atoms with van der Waals surface area (Å²) in [4.78, 5) is 22.7. The number of nitrogens with one attached hydrogen (secondary N) is 1. The standard InChI is InChI=1S/C18H22N4O/c1-13-7-9-22(10-8-13)16-5-3-15(4-6-16)21-18(23)17-12-19-14(2)11-20-17/h3-6,11-13H,7-10H2,1-2H3,(H,21,23). The largest absolute Gasteiger partial charge is 0.372 e. The lowest BCUT2D eigenvalue weighted by Gasteiger charge is -2.32. The Bertz CT molecular complexity index is 658. The van der Waals surface area contributed by atoms with Crippen LogP contribution < -0.4 is 10.2 Å². The van der Waals surface area contributed by atoms with Gasteiger partial charge >= 0.3 is 0 Å². The average molecular weight is 310 g/mol. The van der Waals surface area contributed by atoms with Crippen molar-refractivity contribution in [2.45, 2.75) is 26.7 Å². The number of aromatic nitrogens is 2. The highest BCUT2D eigenvalue weighted by atomic mass is 16.1. The highest BCUT2D eigenvalue weighted by Gasteiger charge is 2.16. The number of carbonyl (C=O) groups is 1. The van der Waals surface area contributed by atoms with Gasteiger partial charge in [-0.15, -0.1) is 0 Å². The van der Waals surface area contributed by atoms with E-state index in [9.17, 15) is 4.79 Å². The minimum atomic E-state index is -0.239. The lowest BCUT2D eigenvalue weighted by atomic mass is 9.99. The summed E-state index contributed by atoms with van der Waals surface area (Å²) in [5.74, 6) is 0.581. The van der Waals surface area contributed by atoms with Crippen LogP contribution >= 0.6 is 0 Å². The summed E-state index contributed by atoms with van der Waals surface area (Å²) in [6.45, 7) is 6.36. The van der Waals surface area contributed by atoms with Gasteiger partial charge < -0.3 is 10.2 Å². The van der Waals surface area contributed by atoms with Crippen molar-refractivity contribution in [2.75, 3.05) is 23.3 Å². The predicted octanol–water partition coefficient (Wildman–Crippen LogP) is 3.27. The number of carbonyl (C=O) groups excluding carboxylic acids is 1. The van der Waals surface area contributed by atoms with E-state index in [0.29, 0.717) is 5.69 Å². The number of hydrogen-bond donors (Lipinski definition) is 1. The van der Waals surface area contributed by atoms with E-state index in [4.69, 9.17) is 0 Å². The summed E-state index contributed by atoms with van der Waals surface area (Å²) in [6, 6.07) is 8.00. The fourth-order valence-electron chi connectivity index (χ4n) is 2.73. The molecule has 1 amide bonds. The van der Waals surface area contributed by atoms with Crippen molar-refractivity contribution in [1.29, 1.82) is 0 Å². The lowest BCUT2D eigenvalue weighted by molar-refractivity contribution is 0.102. The lowest BCUT2D eigenvalue weighted by Crippen LogP contribution is -2.32. The molecular formula is C18H22N4O. The minimum absolute atomic E-state index is 0.239. The third-order valence-corrected chi connectivity index (χ3v) is 4.29. The fourth-order valence-corrected chi connectivity index (χ4v) is 2.73. The molecule has 0 atom stereocenters. The van der Waals surface area contributed by atoms with Crippen LogP contribution in [0.2, 0.25) is 0 Å². The van der Waals surface area contributed by atoms with E-state index >= 15 is 0 Å². The van der Waals surface area contributed by atoms with Crippen LogP contribution in [0.3, 0.4) is 0 Å². The van der Waals surface area contributed by atoms with E-state index in [2.05, 4.69) is 39.2 Å². The number of anilines is 2. The van der Waals surface area contributed by atoms with Crippen molar-refractivity contribution < 1.29 is 4.79 Å². The van der Waals surface area contributed by atoms with Crippen LogP contribution in [-0.4, -0.2) is 29.0 Å². The fraction of sp³-hybridized carbons (Fsp3) is 0.389. The third kappa shape index (κ3) is 3.86. The van der Waals surface area contributed by atoms with E-state index in [0.717, 1.165) is 30.4 Å². The minimum Gasteiger partial charge on any atom is -0.372 e. The molecule has 1 aromatic carbocycles. The van der Waals surface area contributed by atoms with Gasteiger partial charge in [-0.3, -0.25) is 9.78 Å². The van der Waals surface area contributed by atoms with Gasteiger partial charge in [0.1, 0.15) is 5.69 Å². The highest BCUT2D eigenvalue weighted by molar-refractivity contribution is 6.02. The summed E-state index contributed by atoms with van der Waals surface area (Å²) >= 11 is 0. The van der Waals surface area contributed by atoms with Gasteiger partial charge in [0.2, 0.25) is 0 Å². The van der Waals surface area contributed by atoms with E-state index < -0.39 is 0 Å². The van der Waals surface area contributed by atoms with Gasteiger partial charge in [-0.05, 0) is 49.9 Å². The molecule has 1 aliphatic heterocycles. The zero-order chi connectivity index (χ0) is 16.2. The van der Waals surface area contributed by atoms with Crippen LogP contribution in [0.1, 0.15) is 35.9 Å². The Labute approximate surface area is 136 Å². The molecule has 2 aromatic rings. The van der Waals surface area contributed by atoms with Crippen molar-refractivity contribution >= 4 is 17.3 Å². The molecule has 1 saturated heterocycles. The molecule has 1 N–H and O–H groups in total. The Morgan fingerprint density at radius 3 is 2.43 bits per heavy atom. The first-order valence-electron chi connectivity index (χ1n) is 8.07. The van der Waals surface area contributed by atoms with Crippen molar-refractivity contribution in [3.63, 3.8) is 0 Å². The SMILES string of the molecule is Cc1cnc(C(=O)Nc2ccc(N3CCC(C)CC3)cc2)cn1. The molecule has 2 heterocycles. The number of nitrogens with zero attached hydrogens (tertiary/aromatic N) is 3. The molecule has 5 heteroatoms. The number of benzene rings is 1. The topological polar surface area (TPSA) is 58.1 Å². The van der Waals surface area contributed by atoms with Crippen LogP contribution in [0, 0.1) is 12.8 Å². The summed E-state index contributed by atoms with van der Waals surface area (Å²) in [5, 5.41) is 2.85. The Morgan fingerprint density at radius 2 is 1.83 bits per heavy atom. The second-order valence-corrected chi connectivity index (χ2v) is 6.21. The monoisotopic (exact) mass is 310 g/mol. The second-order valence-electron chi connectivity index (χ2n) is 6.21. The Kier molecular flexibility index (Phi) is 4.55. The molecular weight excluding hydrogens is 288 g/mol. The smallest absolute Gasteiger partial charge is 0.275 e. The van der Waals surface area contributed by atoms with E-state index in [1.807, 2.05) is 19.1 Å².